The standard InChI is InChI=1S/C13H15N3O4/c1-2-11(18)15-9-6-4-3-5-8(9)13(20)16-10(7-17)12(14)19/h2-6,10,17H,1,7H2,(H2,14,19)(H,15,18)(H,16,20)/t10-/m0/s1. The lowest BCUT2D eigenvalue weighted by atomic mass is 10.1. The summed E-state index contributed by atoms with van der Waals surface area (Å²) >= 11 is 0. The molecule has 0 saturated carbocycles. The van der Waals surface area contributed by atoms with Crippen molar-refractivity contribution in [3.05, 3.63) is 42.5 Å². The normalized spacial score (nSPS) is 11.2. The van der Waals surface area contributed by atoms with Crippen molar-refractivity contribution in [2.45, 2.75) is 6.04 Å². The first kappa shape index (κ1) is 15.4. The van der Waals surface area contributed by atoms with Crippen LogP contribution in [0.1, 0.15) is 10.4 Å². The molecule has 1 atom stereocenters. The van der Waals surface area contributed by atoms with Crippen LogP contribution < -0.4 is 16.4 Å². The number of anilines is 1. The van der Waals surface area contributed by atoms with Gasteiger partial charge in [0.1, 0.15) is 6.04 Å². The van der Waals surface area contributed by atoms with Crippen LogP contribution in [0, 0.1) is 0 Å². The lowest BCUT2D eigenvalue weighted by molar-refractivity contribution is -0.120. The zero-order valence-corrected chi connectivity index (χ0v) is 10.6. The van der Waals surface area contributed by atoms with Gasteiger partial charge in [0.15, 0.2) is 0 Å². The first-order valence-corrected chi connectivity index (χ1v) is 5.73. The summed E-state index contributed by atoms with van der Waals surface area (Å²) in [4.78, 5) is 34.2. The lowest BCUT2D eigenvalue weighted by Crippen LogP contribution is -2.46. The van der Waals surface area contributed by atoms with Crippen LogP contribution in [0.25, 0.3) is 0 Å². The molecule has 7 nitrogen and oxygen atoms in total. The Balaban J connectivity index is 2.95. The molecule has 0 fully saturated rings. The largest absolute Gasteiger partial charge is 0.394 e. The average molecular weight is 277 g/mol. The molecule has 3 amide bonds. The van der Waals surface area contributed by atoms with E-state index in [-0.39, 0.29) is 11.3 Å². The Morgan fingerprint density at radius 2 is 2.00 bits per heavy atom. The number of hydrogen-bond acceptors (Lipinski definition) is 4. The van der Waals surface area contributed by atoms with Gasteiger partial charge in [-0.05, 0) is 18.2 Å². The first-order chi connectivity index (χ1) is 9.49. The van der Waals surface area contributed by atoms with Crippen LogP contribution in [-0.2, 0) is 9.59 Å². The molecule has 20 heavy (non-hydrogen) atoms. The number of nitrogens with one attached hydrogen (secondary N) is 2. The Bertz CT molecular complexity index is 542. The number of para-hydroxylation sites is 1. The predicted molar refractivity (Wildman–Crippen MR) is 72.8 cm³/mol. The number of nitrogens with two attached hydrogens (primary N) is 1. The minimum absolute atomic E-state index is 0.141. The minimum Gasteiger partial charge on any atom is -0.394 e. The molecule has 106 valence electrons. The van der Waals surface area contributed by atoms with E-state index in [4.69, 9.17) is 10.8 Å². The van der Waals surface area contributed by atoms with Crippen molar-refractivity contribution in [2.75, 3.05) is 11.9 Å². The van der Waals surface area contributed by atoms with Gasteiger partial charge in [0.25, 0.3) is 5.91 Å². The van der Waals surface area contributed by atoms with E-state index in [0.29, 0.717) is 0 Å². The Hall–Kier alpha value is -2.67. The van der Waals surface area contributed by atoms with Crippen LogP contribution in [0.2, 0.25) is 0 Å². The molecule has 7 heteroatoms. The highest BCUT2D eigenvalue weighted by Gasteiger charge is 2.19. The summed E-state index contributed by atoms with van der Waals surface area (Å²) in [6.07, 6.45) is 1.06. The van der Waals surface area contributed by atoms with Gasteiger partial charge < -0.3 is 21.5 Å². The lowest BCUT2D eigenvalue weighted by Gasteiger charge is -2.14. The van der Waals surface area contributed by atoms with Crippen molar-refractivity contribution >= 4 is 23.4 Å². The molecule has 1 rings (SSSR count). The first-order valence-electron chi connectivity index (χ1n) is 5.73. The zero-order chi connectivity index (χ0) is 15.1. The number of hydrogen-bond donors (Lipinski definition) is 4. The number of primary amides is 1. The molecule has 0 heterocycles. The van der Waals surface area contributed by atoms with E-state index >= 15 is 0 Å². The molecule has 0 radical (unpaired) electrons. The van der Waals surface area contributed by atoms with Crippen LogP contribution in [0.3, 0.4) is 0 Å². The third-order valence-corrected chi connectivity index (χ3v) is 2.45. The zero-order valence-electron chi connectivity index (χ0n) is 10.6. The molecule has 0 aliphatic heterocycles. The van der Waals surface area contributed by atoms with E-state index in [1.165, 1.54) is 12.1 Å². The molecule has 0 bridgehead atoms. The molecule has 0 aliphatic rings. The number of benzene rings is 1. The number of carbonyl (C=O) groups excluding carboxylic acids is 3. The SMILES string of the molecule is C=CC(=O)Nc1ccccc1C(=O)N[C@@H](CO)C(N)=O. The van der Waals surface area contributed by atoms with E-state index in [0.717, 1.165) is 6.08 Å². The van der Waals surface area contributed by atoms with Crippen molar-refractivity contribution in [1.82, 2.24) is 5.32 Å². The summed E-state index contributed by atoms with van der Waals surface area (Å²) in [7, 11) is 0. The number of aliphatic hydroxyl groups excluding tert-OH is 1. The maximum atomic E-state index is 12.0. The second-order valence-corrected chi connectivity index (χ2v) is 3.85. The van der Waals surface area contributed by atoms with E-state index in [9.17, 15) is 14.4 Å². The van der Waals surface area contributed by atoms with Crippen molar-refractivity contribution in [2.24, 2.45) is 5.73 Å². The number of rotatable bonds is 6. The molecule has 1 aromatic rings. The molecule has 0 aromatic heterocycles. The summed E-state index contributed by atoms with van der Waals surface area (Å²) in [5.74, 6) is -1.96. The number of aliphatic hydroxyl groups is 1. The molecular weight excluding hydrogens is 262 g/mol. The van der Waals surface area contributed by atoms with Crippen molar-refractivity contribution < 1.29 is 19.5 Å². The number of carbonyl (C=O) groups is 3. The predicted octanol–water partition coefficient (Wildman–Crippen LogP) is -0.613. The van der Waals surface area contributed by atoms with Gasteiger partial charge >= 0.3 is 0 Å². The molecule has 5 N–H and O–H groups in total. The van der Waals surface area contributed by atoms with Crippen LogP contribution in [0.4, 0.5) is 5.69 Å². The number of amides is 3. The average Bonchev–Trinajstić information content (AvgIpc) is 2.44. The molecule has 1 aromatic carbocycles. The molecule has 0 spiro atoms. The second kappa shape index (κ2) is 7.05. The Morgan fingerprint density at radius 3 is 2.55 bits per heavy atom. The minimum atomic E-state index is -1.19. The summed E-state index contributed by atoms with van der Waals surface area (Å²) in [5.41, 5.74) is 5.42. The fourth-order valence-corrected chi connectivity index (χ4v) is 1.42. The van der Waals surface area contributed by atoms with Crippen LogP contribution >= 0.6 is 0 Å². The highest BCUT2D eigenvalue weighted by molar-refractivity contribution is 6.07. The highest BCUT2D eigenvalue weighted by Crippen LogP contribution is 2.15. The van der Waals surface area contributed by atoms with E-state index < -0.39 is 30.4 Å². The Morgan fingerprint density at radius 1 is 1.35 bits per heavy atom. The van der Waals surface area contributed by atoms with Gasteiger partial charge in [0.05, 0.1) is 17.9 Å². The topological polar surface area (TPSA) is 122 Å². The summed E-state index contributed by atoms with van der Waals surface area (Å²) < 4.78 is 0. The van der Waals surface area contributed by atoms with Gasteiger partial charge in [-0.3, -0.25) is 14.4 Å². The van der Waals surface area contributed by atoms with Gasteiger partial charge in [0.2, 0.25) is 11.8 Å². The van der Waals surface area contributed by atoms with Crippen molar-refractivity contribution in [3.8, 4) is 0 Å². The van der Waals surface area contributed by atoms with Crippen molar-refractivity contribution in [1.29, 1.82) is 0 Å². The Labute approximate surface area is 115 Å². The van der Waals surface area contributed by atoms with Crippen LogP contribution in [-0.4, -0.2) is 35.5 Å². The summed E-state index contributed by atoms with van der Waals surface area (Å²) in [6.45, 7) is 2.70. The van der Waals surface area contributed by atoms with Gasteiger partial charge in [-0.2, -0.15) is 0 Å². The fraction of sp³-hybridized carbons (Fsp3) is 0.154. The molecule has 0 unspecified atom stereocenters. The van der Waals surface area contributed by atoms with Gasteiger partial charge in [-0.15, -0.1) is 0 Å². The van der Waals surface area contributed by atoms with Gasteiger partial charge in [-0.1, -0.05) is 18.7 Å². The third-order valence-electron chi connectivity index (χ3n) is 2.45. The van der Waals surface area contributed by atoms with E-state index in [2.05, 4.69) is 17.2 Å². The van der Waals surface area contributed by atoms with Crippen LogP contribution in [0.5, 0.6) is 0 Å². The third kappa shape index (κ3) is 3.92. The summed E-state index contributed by atoms with van der Waals surface area (Å²) in [5, 5.41) is 13.7. The maximum absolute atomic E-state index is 12.0. The maximum Gasteiger partial charge on any atom is 0.254 e. The fourth-order valence-electron chi connectivity index (χ4n) is 1.42. The highest BCUT2D eigenvalue weighted by atomic mass is 16.3. The second-order valence-electron chi connectivity index (χ2n) is 3.85. The smallest absolute Gasteiger partial charge is 0.254 e. The van der Waals surface area contributed by atoms with E-state index in [1.807, 2.05) is 0 Å². The Kier molecular flexibility index (Phi) is 5.42. The quantitative estimate of drug-likeness (QED) is 0.518. The van der Waals surface area contributed by atoms with Crippen molar-refractivity contribution in [3.63, 3.8) is 0 Å². The molecule has 0 aliphatic carbocycles. The molecular formula is C13H15N3O4. The monoisotopic (exact) mass is 277 g/mol. The summed E-state index contributed by atoms with van der Waals surface area (Å²) in [6, 6.07) is 5.02. The van der Waals surface area contributed by atoms with Gasteiger partial charge in [-0.25, -0.2) is 0 Å². The van der Waals surface area contributed by atoms with Crippen LogP contribution in [0.15, 0.2) is 36.9 Å². The van der Waals surface area contributed by atoms with E-state index in [1.54, 1.807) is 12.1 Å². The molecule has 0 saturated heterocycles. The van der Waals surface area contributed by atoms with Gasteiger partial charge in [0, 0.05) is 0 Å².